The van der Waals surface area contributed by atoms with Crippen LogP contribution in [0.5, 0.6) is 0 Å². The number of carbonyl (C=O) groups excluding carboxylic acids is 1. The number of hydrogen-bond acceptors (Lipinski definition) is 3. The molecule has 0 bridgehead atoms. The van der Waals surface area contributed by atoms with Gasteiger partial charge in [-0.05, 0) is 6.92 Å². The number of hydrogen-bond donors (Lipinski definition) is 0. The van der Waals surface area contributed by atoms with E-state index in [-0.39, 0.29) is 10.7 Å². The quantitative estimate of drug-likeness (QED) is 0.574. The fourth-order valence-corrected chi connectivity index (χ4v) is 1.54. The number of halogens is 5. The lowest BCUT2D eigenvalue weighted by Gasteiger charge is -2.14. The summed E-state index contributed by atoms with van der Waals surface area (Å²) >= 11 is 5.71. The Balaban J connectivity index is 2.59. The normalized spacial score (nSPS) is 12.2. The second-order valence-corrected chi connectivity index (χ2v) is 4.04. The number of Topliss-reactive ketones (excluding diaryl/α,β-unsaturated/α-hetero) is 1. The van der Waals surface area contributed by atoms with Gasteiger partial charge < -0.3 is 4.74 Å². The highest BCUT2D eigenvalue weighted by molar-refractivity contribution is 6.33. The van der Waals surface area contributed by atoms with Crippen LogP contribution < -0.4 is 0 Å². The van der Waals surface area contributed by atoms with Crippen LogP contribution in [0, 0.1) is 0 Å². The van der Waals surface area contributed by atoms with E-state index in [1.54, 1.807) is 6.92 Å². The second-order valence-electron chi connectivity index (χ2n) is 3.63. The molecule has 0 saturated heterocycles. The minimum Gasteiger partial charge on any atom is -0.367 e. The standard InChI is InChI=1S/C10H11ClF4N2O2/c1-2-17-8(6(11)3-16-17)7(18)4-19-5-10(14,15)9(12)13/h3,9H,2,4-5H2,1H3. The van der Waals surface area contributed by atoms with Crippen molar-refractivity contribution >= 4 is 17.4 Å². The van der Waals surface area contributed by atoms with Crippen molar-refractivity contribution in [2.24, 2.45) is 0 Å². The molecule has 4 nitrogen and oxygen atoms in total. The first-order valence-electron chi connectivity index (χ1n) is 5.27. The summed E-state index contributed by atoms with van der Waals surface area (Å²) in [6, 6.07) is 0. The Labute approximate surface area is 111 Å². The molecule has 0 unspecified atom stereocenters. The minimum atomic E-state index is -4.28. The van der Waals surface area contributed by atoms with Crippen molar-refractivity contribution in [1.82, 2.24) is 9.78 Å². The van der Waals surface area contributed by atoms with E-state index in [4.69, 9.17) is 11.6 Å². The Morgan fingerprint density at radius 3 is 2.74 bits per heavy atom. The lowest BCUT2D eigenvalue weighted by molar-refractivity contribution is -0.163. The summed E-state index contributed by atoms with van der Waals surface area (Å²) in [4.78, 5) is 11.7. The monoisotopic (exact) mass is 302 g/mol. The van der Waals surface area contributed by atoms with E-state index in [1.165, 1.54) is 10.9 Å². The lowest BCUT2D eigenvalue weighted by atomic mass is 10.3. The molecule has 108 valence electrons. The topological polar surface area (TPSA) is 44.1 Å². The van der Waals surface area contributed by atoms with Crippen LogP contribution in [0.1, 0.15) is 17.4 Å². The highest BCUT2D eigenvalue weighted by atomic mass is 35.5. The number of ether oxygens (including phenoxy) is 1. The fourth-order valence-electron chi connectivity index (χ4n) is 1.29. The maximum absolute atomic E-state index is 12.5. The number of rotatable bonds is 7. The van der Waals surface area contributed by atoms with Crippen LogP contribution in [-0.4, -0.2) is 41.1 Å². The zero-order valence-electron chi connectivity index (χ0n) is 9.88. The Kier molecular flexibility index (Phi) is 5.30. The number of nitrogens with zero attached hydrogens (tertiary/aromatic N) is 2. The van der Waals surface area contributed by atoms with Crippen LogP contribution in [0.2, 0.25) is 5.02 Å². The highest BCUT2D eigenvalue weighted by Crippen LogP contribution is 2.23. The molecule has 1 aromatic heterocycles. The summed E-state index contributed by atoms with van der Waals surface area (Å²) in [7, 11) is 0. The third-order valence-electron chi connectivity index (χ3n) is 2.21. The largest absolute Gasteiger partial charge is 0.367 e. The molecule has 0 aliphatic heterocycles. The van der Waals surface area contributed by atoms with Crippen molar-refractivity contribution in [3.63, 3.8) is 0 Å². The van der Waals surface area contributed by atoms with Gasteiger partial charge in [0.2, 0.25) is 5.78 Å². The molecular weight excluding hydrogens is 292 g/mol. The van der Waals surface area contributed by atoms with Crippen LogP contribution in [0.25, 0.3) is 0 Å². The first-order valence-corrected chi connectivity index (χ1v) is 5.65. The van der Waals surface area contributed by atoms with Crippen LogP contribution in [0.15, 0.2) is 6.20 Å². The maximum Gasteiger partial charge on any atom is 0.330 e. The van der Waals surface area contributed by atoms with Crippen molar-refractivity contribution < 1.29 is 27.1 Å². The summed E-state index contributed by atoms with van der Waals surface area (Å²) in [6.07, 6.45) is -2.61. The van der Waals surface area contributed by atoms with Gasteiger partial charge >= 0.3 is 12.3 Å². The molecular formula is C10H11ClF4N2O2. The van der Waals surface area contributed by atoms with Gasteiger partial charge in [0, 0.05) is 6.54 Å². The average molecular weight is 303 g/mol. The smallest absolute Gasteiger partial charge is 0.330 e. The van der Waals surface area contributed by atoms with Crippen molar-refractivity contribution in [3.05, 3.63) is 16.9 Å². The van der Waals surface area contributed by atoms with Gasteiger partial charge in [-0.2, -0.15) is 13.9 Å². The molecule has 0 radical (unpaired) electrons. The van der Waals surface area contributed by atoms with Crippen molar-refractivity contribution in [2.75, 3.05) is 13.2 Å². The van der Waals surface area contributed by atoms with Gasteiger partial charge in [0.05, 0.1) is 11.2 Å². The van der Waals surface area contributed by atoms with E-state index in [1.807, 2.05) is 0 Å². The van der Waals surface area contributed by atoms with E-state index >= 15 is 0 Å². The summed E-state index contributed by atoms with van der Waals surface area (Å²) in [5.74, 6) is -4.98. The van der Waals surface area contributed by atoms with Crippen molar-refractivity contribution in [1.29, 1.82) is 0 Å². The van der Waals surface area contributed by atoms with E-state index in [2.05, 4.69) is 9.84 Å². The van der Waals surface area contributed by atoms with Crippen LogP contribution >= 0.6 is 11.6 Å². The van der Waals surface area contributed by atoms with E-state index in [0.717, 1.165) is 0 Å². The molecule has 9 heteroatoms. The van der Waals surface area contributed by atoms with Gasteiger partial charge in [-0.15, -0.1) is 0 Å². The molecule has 1 aromatic rings. The number of aryl methyl sites for hydroxylation is 1. The number of alkyl halides is 4. The number of ketones is 1. The molecule has 0 aliphatic carbocycles. The van der Waals surface area contributed by atoms with E-state index in [0.29, 0.717) is 6.54 Å². The lowest BCUT2D eigenvalue weighted by Crippen LogP contribution is -2.33. The van der Waals surface area contributed by atoms with Gasteiger partial charge in [-0.3, -0.25) is 9.48 Å². The molecule has 0 saturated carbocycles. The average Bonchev–Trinajstić information content (AvgIpc) is 2.69. The van der Waals surface area contributed by atoms with Gasteiger partial charge in [-0.1, -0.05) is 11.6 Å². The Hall–Kier alpha value is -1.15. The van der Waals surface area contributed by atoms with Gasteiger partial charge in [0.1, 0.15) is 18.9 Å². The van der Waals surface area contributed by atoms with E-state index in [9.17, 15) is 22.4 Å². The Morgan fingerprint density at radius 1 is 1.58 bits per heavy atom. The second kappa shape index (κ2) is 6.33. The third-order valence-corrected chi connectivity index (χ3v) is 2.48. The predicted octanol–water partition coefficient (Wildman–Crippen LogP) is 2.66. The van der Waals surface area contributed by atoms with Gasteiger partial charge in [0.25, 0.3) is 0 Å². The summed E-state index contributed by atoms with van der Waals surface area (Å²) in [5.41, 5.74) is 0.00419. The van der Waals surface area contributed by atoms with Gasteiger partial charge in [0.15, 0.2) is 0 Å². The summed E-state index contributed by atoms with van der Waals surface area (Å²) in [5, 5.41) is 3.83. The first kappa shape index (κ1) is 15.9. The molecule has 0 N–H and O–H groups in total. The predicted molar refractivity (Wildman–Crippen MR) is 59.0 cm³/mol. The minimum absolute atomic E-state index is 0.00419. The summed E-state index contributed by atoms with van der Waals surface area (Å²) in [6.45, 7) is -0.255. The number of aromatic nitrogens is 2. The SMILES string of the molecule is CCn1ncc(Cl)c1C(=O)COCC(F)(F)C(F)F. The Morgan fingerprint density at radius 2 is 2.21 bits per heavy atom. The van der Waals surface area contributed by atoms with Crippen LogP contribution in [0.3, 0.4) is 0 Å². The molecule has 19 heavy (non-hydrogen) atoms. The molecule has 0 amide bonds. The molecule has 0 fully saturated rings. The summed E-state index contributed by atoms with van der Waals surface area (Å²) < 4.78 is 54.3. The third kappa shape index (κ3) is 3.90. The van der Waals surface area contributed by atoms with E-state index < -0.39 is 31.3 Å². The van der Waals surface area contributed by atoms with Crippen LogP contribution in [-0.2, 0) is 11.3 Å². The first-order chi connectivity index (χ1) is 8.79. The zero-order chi connectivity index (χ0) is 14.6. The van der Waals surface area contributed by atoms with Crippen molar-refractivity contribution in [2.45, 2.75) is 25.8 Å². The molecule has 0 spiro atoms. The number of carbonyl (C=O) groups is 1. The Bertz CT molecular complexity index is 451. The molecule has 1 heterocycles. The molecule has 0 aromatic carbocycles. The molecule has 0 aliphatic rings. The maximum atomic E-state index is 12.5. The molecule has 0 atom stereocenters. The molecule has 1 rings (SSSR count). The van der Waals surface area contributed by atoms with Crippen molar-refractivity contribution in [3.8, 4) is 0 Å². The van der Waals surface area contributed by atoms with Crippen LogP contribution in [0.4, 0.5) is 17.6 Å². The van der Waals surface area contributed by atoms with Gasteiger partial charge in [-0.25, -0.2) is 8.78 Å². The zero-order valence-corrected chi connectivity index (χ0v) is 10.6. The highest BCUT2D eigenvalue weighted by Gasteiger charge is 2.41. The fraction of sp³-hybridized carbons (Fsp3) is 0.600.